The molecule has 4 N–H and O–H groups in total. The predicted octanol–water partition coefficient (Wildman–Crippen LogP) is 4.83. The van der Waals surface area contributed by atoms with Gasteiger partial charge in [-0.15, -0.1) is 0 Å². The smallest absolute Gasteiger partial charge is 0.408 e. The number of hydrogen-bond donors (Lipinski definition) is 4. The number of alkyl carbamates (subject to hydrolysis) is 3. The lowest BCUT2D eigenvalue weighted by Crippen LogP contribution is -2.52. The summed E-state index contributed by atoms with van der Waals surface area (Å²) in [5.74, 6) is -0.164. The predicted molar refractivity (Wildman–Crippen MR) is 158 cm³/mol. The lowest BCUT2D eigenvalue weighted by atomic mass is 10.0. The van der Waals surface area contributed by atoms with Crippen molar-refractivity contribution in [3.63, 3.8) is 0 Å². The molecule has 3 amide bonds. The zero-order valence-electron chi connectivity index (χ0n) is 25.9. The van der Waals surface area contributed by atoms with Crippen molar-refractivity contribution in [1.82, 2.24) is 21.3 Å². The number of ketones is 1. The third-order valence-electron chi connectivity index (χ3n) is 5.80. The third kappa shape index (κ3) is 17.9. The van der Waals surface area contributed by atoms with Gasteiger partial charge in [0, 0.05) is 18.6 Å². The topological polar surface area (TPSA) is 144 Å². The molecule has 1 aromatic carbocycles. The number of ether oxygens (including phenoxy) is 3. The maximum absolute atomic E-state index is 11.8. The van der Waals surface area contributed by atoms with Gasteiger partial charge in [-0.2, -0.15) is 0 Å². The fourth-order valence-electron chi connectivity index (χ4n) is 3.80. The first-order valence-corrected chi connectivity index (χ1v) is 14.2. The Morgan fingerprint density at radius 1 is 0.951 bits per heavy atom. The van der Waals surface area contributed by atoms with Crippen LogP contribution in [0.3, 0.4) is 0 Å². The Hall–Kier alpha value is -3.34. The standard InChI is InChI=1S/C19H28N2O5.C11H22N2O2/c1-14(22)16(21-18(24)26-19(2,3)4)11-8-12-20-17(23)25-13-15-9-6-5-7-10-15;1-8-9(6-5-7-12-8)13-10(14)15-11(2,3)4/h5-7,9-10,16H,8,11-13H2,1-4H3,(H,20,23)(H,21,24);8-9,12H,5-7H2,1-4H3,(H,13,14)/t16-;8?,9-/m01/s1. The van der Waals surface area contributed by atoms with E-state index in [1.807, 2.05) is 51.1 Å². The first kappa shape index (κ1) is 35.7. The Kier molecular flexibility index (Phi) is 15.2. The molecule has 11 nitrogen and oxygen atoms in total. The molecule has 0 aliphatic carbocycles. The van der Waals surface area contributed by atoms with E-state index in [1.165, 1.54) is 6.92 Å². The van der Waals surface area contributed by atoms with Gasteiger partial charge in [-0.3, -0.25) is 4.79 Å². The van der Waals surface area contributed by atoms with E-state index in [0.29, 0.717) is 25.4 Å². The van der Waals surface area contributed by atoms with Crippen molar-refractivity contribution >= 4 is 24.1 Å². The number of nitrogens with one attached hydrogen (secondary N) is 4. The van der Waals surface area contributed by atoms with Gasteiger partial charge in [-0.25, -0.2) is 14.4 Å². The highest BCUT2D eigenvalue weighted by molar-refractivity contribution is 5.85. The van der Waals surface area contributed by atoms with Crippen molar-refractivity contribution in [2.45, 2.75) is 117 Å². The van der Waals surface area contributed by atoms with E-state index in [-0.39, 0.29) is 24.5 Å². The summed E-state index contributed by atoms with van der Waals surface area (Å²) in [6.07, 6.45) is 1.57. The first-order chi connectivity index (χ1) is 19.1. The molecule has 0 aromatic heterocycles. The summed E-state index contributed by atoms with van der Waals surface area (Å²) in [6, 6.07) is 9.24. The highest BCUT2D eigenvalue weighted by Gasteiger charge is 2.25. The zero-order chi connectivity index (χ0) is 31.1. The largest absolute Gasteiger partial charge is 0.445 e. The SMILES string of the molecule is CC(=O)[C@H](CCCNC(=O)OCc1ccccc1)NC(=O)OC(C)(C)C.CC1NCCC[C@H]1NC(=O)OC(C)(C)C. The highest BCUT2D eigenvalue weighted by atomic mass is 16.6. The zero-order valence-corrected chi connectivity index (χ0v) is 25.9. The van der Waals surface area contributed by atoms with Crippen LogP contribution in [0.1, 0.15) is 86.6 Å². The molecule has 1 fully saturated rings. The second-order valence-electron chi connectivity index (χ2n) is 12.1. The van der Waals surface area contributed by atoms with Crippen molar-refractivity contribution in [2.24, 2.45) is 0 Å². The quantitative estimate of drug-likeness (QED) is 0.241. The van der Waals surface area contributed by atoms with Crippen LogP contribution in [0.5, 0.6) is 0 Å². The van der Waals surface area contributed by atoms with E-state index in [9.17, 15) is 19.2 Å². The molecule has 1 aromatic rings. The average Bonchev–Trinajstić information content (AvgIpc) is 2.84. The van der Waals surface area contributed by atoms with Crippen LogP contribution >= 0.6 is 0 Å². The van der Waals surface area contributed by atoms with Crippen LogP contribution in [0.25, 0.3) is 0 Å². The molecule has 41 heavy (non-hydrogen) atoms. The maximum atomic E-state index is 11.8. The van der Waals surface area contributed by atoms with Gasteiger partial charge in [-0.1, -0.05) is 30.3 Å². The summed E-state index contributed by atoms with van der Waals surface area (Å²) >= 11 is 0. The second-order valence-corrected chi connectivity index (χ2v) is 12.1. The van der Waals surface area contributed by atoms with Gasteiger partial charge >= 0.3 is 18.3 Å². The van der Waals surface area contributed by atoms with Gasteiger partial charge in [0.1, 0.15) is 17.8 Å². The van der Waals surface area contributed by atoms with Crippen LogP contribution in [-0.2, 0) is 25.6 Å². The van der Waals surface area contributed by atoms with Crippen LogP contribution in [0, 0.1) is 0 Å². The average molecular weight is 579 g/mol. The fraction of sp³-hybridized carbons (Fsp3) is 0.667. The van der Waals surface area contributed by atoms with E-state index in [1.54, 1.807) is 20.8 Å². The first-order valence-electron chi connectivity index (χ1n) is 14.2. The summed E-state index contributed by atoms with van der Waals surface area (Å²) in [4.78, 5) is 46.6. The van der Waals surface area contributed by atoms with Crippen LogP contribution < -0.4 is 21.3 Å². The van der Waals surface area contributed by atoms with Crippen LogP contribution in [0.4, 0.5) is 14.4 Å². The molecule has 0 radical (unpaired) electrons. The number of carbonyl (C=O) groups excluding carboxylic acids is 4. The Bertz CT molecular complexity index is 958. The maximum Gasteiger partial charge on any atom is 0.408 e. The summed E-state index contributed by atoms with van der Waals surface area (Å²) in [5, 5.41) is 11.4. The van der Waals surface area contributed by atoms with Crippen molar-refractivity contribution in [1.29, 1.82) is 0 Å². The number of piperidine rings is 1. The summed E-state index contributed by atoms with van der Waals surface area (Å²) in [5.41, 5.74) is -0.147. The molecule has 11 heteroatoms. The van der Waals surface area contributed by atoms with Gasteiger partial charge in [0.25, 0.3) is 0 Å². The lowest BCUT2D eigenvalue weighted by molar-refractivity contribution is -0.119. The van der Waals surface area contributed by atoms with Crippen molar-refractivity contribution in [3.05, 3.63) is 35.9 Å². The number of Topliss-reactive ketones (excluding diaryl/α,β-unsaturated/α-hetero) is 1. The molecule has 0 spiro atoms. The summed E-state index contributed by atoms with van der Waals surface area (Å²) < 4.78 is 15.5. The van der Waals surface area contributed by atoms with E-state index >= 15 is 0 Å². The minimum absolute atomic E-state index is 0.164. The van der Waals surface area contributed by atoms with E-state index in [0.717, 1.165) is 24.9 Å². The fourth-order valence-corrected chi connectivity index (χ4v) is 3.80. The number of rotatable bonds is 9. The molecular formula is C30H50N4O7. The molecule has 1 unspecified atom stereocenters. The summed E-state index contributed by atoms with van der Waals surface area (Å²) in [7, 11) is 0. The van der Waals surface area contributed by atoms with Crippen molar-refractivity contribution in [3.8, 4) is 0 Å². The Labute approximate surface area is 244 Å². The van der Waals surface area contributed by atoms with E-state index < -0.39 is 29.4 Å². The molecule has 2 rings (SSSR count). The van der Waals surface area contributed by atoms with Crippen LogP contribution in [0.2, 0.25) is 0 Å². The van der Waals surface area contributed by atoms with Gasteiger partial charge in [-0.05, 0) is 93.2 Å². The van der Waals surface area contributed by atoms with Gasteiger partial charge in [0.2, 0.25) is 0 Å². The van der Waals surface area contributed by atoms with Gasteiger partial charge < -0.3 is 35.5 Å². The molecule has 0 saturated carbocycles. The molecule has 232 valence electrons. The van der Waals surface area contributed by atoms with Gasteiger partial charge in [0.05, 0.1) is 6.04 Å². The Morgan fingerprint density at radius 2 is 1.56 bits per heavy atom. The molecule has 1 heterocycles. The Balaban J connectivity index is 0.000000474. The van der Waals surface area contributed by atoms with Crippen molar-refractivity contribution < 1.29 is 33.4 Å². The molecule has 1 saturated heterocycles. The van der Waals surface area contributed by atoms with Crippen LogP contribution in [-0.4, -0.2) is 66.5 Å². The minimum Gasteiger partial charge on any atom is -0.445 e. The molecule has 1 aliphatic heterocycles. The molecule has 3 atom stereocenters. The molecular weight excluding hydrogens is 528 g/mol. The van der Waals surface area contributed by atoms with Gasteiger partial charge in [0.15, 0.2) is 5.78 Å². The number of amides is 3. The number of carbonyl (C=O) groups is 4. The number of hydrogen-bond acceptors (Lipinski definition) is 8. The minimum atomic E-state index is -0.646. The molecule has 0 bridgehead atoms. The third-order valence-corrected chi connectivity index (χ3v) is 5.80. The highest BCUT2D eigenvalue weighted by Crippen LogP contribution is 2.11. The van der Waals surface area contributed by atoms with Crippen molar-refractivity contribution in [2.75, 3.05) is 13.1 Å². The lowest BCUT2D eigenvalue weighted by Gasteiger charge is -2.31. The normalized spacial score (nSPS) is 17.6. The van der Waals surface area contributed by atoms with Crippen LogP contribution in [0.15, 0.2) is 30.3 Å². The monoisotopic (exact) mass is 578 g/mol. The van der Waals surface area contributed by atoms with E-state index in [4.69, 9.17) is 14.2 Å². The van der Waals surface area contributed by atoms with E-state index in [2.05, 4.69) is 28.2 Å². The summed E-state index contributed by atoms with van der Waals surface area (Å²) in [6.45, 7) is 15.9. The second kappa shape index (κ2) is 17.5. The number of benzene rings is 1. The molecule has 1 aliphatic rings. The Morgan fingerprint density at radius 3 is 2.12 bits per heavy atom.